The van der Waals surface area contributed by atoms with Crippen LogP contribution >= 0.6 is 15.9 Å². The second-order valence-electron chi connectivity index (χ2n) is 2.71. The summed E-state index contributed by atoms with van der Waals surface area (Å²) in [5, 5.41) is 1.00. The molecular weight excluding hydrogens is 197 g/mol. The third-order valence-corrected chi connectivity index (χ3v) is 2.27. The van der Waals surface area contributed by atoms with Gasteiger partial charge in [0.15, 0.2) is 0 Å². The number of nitrogens with zero attached hydrogens (tertiary/aromatic N) is 1. The van der Waals surface area contributed by atoms with Gasteiger partial charge < -0.3 is 4.90 Å². The monoisotopic (exact) mass is 209 g/mol. The average molecular weight is 210 g/mol. The van der Waals surface area contributed by atoms with E-state index in [1.54, 1.807) is 0 Å². The lowest BCUT2D eigenvalue weighted by molar-refractivity contribution is 0.157. The third-order valence-electron chi connectivity index (χ3n) is 1.92. The Hall–Kier alpha value is 0.370. The highest BCUT2D eigenvalue weighted by Crippen LogP contribution is 2.12. The second-order valence-corrected chi connectivity index (χ2v) is 3.50. The van der Waals surface area contributed by atoms with Gasteiger partial charge in [-0.15, -0.1) is 0 Å². The van der Waals surface area contributed by atoms with Gasteiger partial charge in [-0.05, 0) is 12.8 Å². The molecule has 3 heteroatoms. The number of halogens is 2. The van der Waals surface area contributed by atoms with E-state index in [0.29, 0.717) is 0 Å². The molecule has 0 saturated carbocycles. The zero-order valence-corrected chi connectivity index (χ0v) is 7.61. The van der Waals surface area contributed by atoms with E-state index in [0.717, 1.165) is 37.8 Å². The van der Waals surface area contributed by atoms with Gasteiger partial charge in [0.2, 0.25) is 0 Å². The van der Waals surface area contributed by atoms with E-state index in [4.69, 9.17) is 0 Å². The van der Waals surface area contributed by atoms with Crippen LogP contribution in [0.25, 0.3) is 0 Å². The molecule has 1 saturated heterocycles. The number of rotatable bonds is 2. The Morgan fingerprint density at radius 2 is 2.00 bits per heavy atom. The van der Waals surface area contributed by atoms with E-state index in [1.165, 1.54) is 0 Å². The van der Waals surface area contributed by atoms with Crippen molar-refractivity contribution in [3.63, 3.8) is 0 Å². The summed E-state index contributed by atoms with van der Waals surface area (Å²) in [5.41, 5.74) is 0. The van der Waals surface area contributed by atoms with Crippen molar-refractivity contribution in [3.8, 4) is 0 Å². The van der Waals surface area contributed by atoms with Crippen LogP contribution in [0.4, 0.5) is 4.39 Å². The number of alkyl halides is 2. The van der Waals surface area contributed by atoms with Gasteiger partial charge in [-0.2, -0.15) is 0 Å². The molecule has 10 heavy (non-hydrogen) atoms. The van der Waals surface area contributed by atoms with Gasteiger partial charge in [-0.3, -0.25) is 0 Å². The number of likely N-dealkylation sites (tertiary alicyclic amines) is 1. The van der Waals surface area contributed by atoms with Crippen molar-refractivity contribution in [2.24, 2.45) is 0 Å². The van der Waals surface area contributed by atoms with Crippen LogP contribution in [-0.2, 0) is 0 Å². The lowest BCUT2D eigenvalue weighted by Gasteiger charge is -2.27. The summed E-state index contributed by atoms with van der Waals surface area (Å²) in [6.45, 7) is 2.94. The van der Waals surface area contributed by atoms with Crippen molar-refractivity contribution in [2.45, 2.75) is 19.0 Å². The van der Waals surface area contributed by atoms with Crippen LogP contribution in [0.2, 0.25) is 0 Å². The van der Waals surface area contributed by atoms with E-state index < -0.39 is 6.17 Å². The van der Waals surface area contributed by atoms with E-state index in [1.807, 2.05) is 0 Å². The van der Waals surface area contributed by atoms with Crippen LogP contribution in [-0.4, -0.2) is 36.0 Å². The standard InChI is InChI=1S/C7H13BrFN/c8-3-6-10-4-1-7(9)2-5-10/h7H,1-6H2. The molecule has 1 aliphatic heterocycles. The Bertz CT molecular complexity index is 91.6. The topological polar surface area (TPSA) is 3.24 Å². The Kier molecular flexibility index (Phi) is 3.63. The van der Waals surface area contributed by atoms with Gasteiger partial charge in [0, 0.05) is 25.0 Å². The summed E-state index contributed by atoms with van der Waals surface area (Å²) >= 11 is 3.36. The quantitative estimate of drug-likeness (QED) is 0.628. The van der Waals surface area contributed by atoms with Crippen LogP contribution in [0.1, 0.15) is 12.8 Å². The maximum absolute atomic E-state index is 12.6. The van der Waals surface area contributed by atoms with Crippen molar-refractivity contribution in [3.05, 3.63) is 0 Å². The molecule has 0 unspecified atom stereocenters. The van der Waals surface area contributed by atoms with Gasteiger partial charge in [0.1, 0.15) is 6.17 Å². The van der Waals surface area contributed by atoms with Crippen LogP contribution in [0.15, 0.2) is 0 Å². The molecule has 60 valence electrons. The van der Waals surface area contributed by atoms with Gasteiger partial charge in [0.05, 0.1) is 0 Å². The first kappa shape index (κ1) is 8.47. The van der Waals surface area contributed by atoms with Gasteiger partial charge in [-0.25, -0.2) is 4.39 Å². The highest BCUT2D eigenvalue weighted by Gasteiger charge is 2.16. The van der Waals surface area contributed by atoms with Crippen molar-refractivity contribution in [1.82, 2.24) is 4.90 Å². The Balaban J connectivity index is 2.13. The first-order chi connectivity index (χ1) is 4.83. The highest BCUT2D eigenvalue weighted by molar-refractivity contribution is 9.09. The number of hydrogen-bond donors (Lipinski definition) is 0. The molecule has 0 amide bonds. The summed E-state index contributed by atoms with van der Waals surface area (Å²) < 4.78 is 12.6. The van der Waals surface area contributed by atoms with Crippen LogP contribution < -0.4 is 0 Å². The van der Waals surface area contributed by atoms with Gasteiger partial charge in [-0.1, -0.05) is 15.9 Å². The molecule has 0 N–H and O–H groups in total. The minimum absolute atomic E-state index is 0.536. The first-order valence-electron chi connectivity index (χ1n) is 3.75. The van der Waals surface area contributed by atoms with Gasteiger partial charge >= 0.3 is 0 Å². The summed E-state index contributed by atoms with van der Waals surface area (Å²) in [7, 11) is 0. The molecule has 1 nitrogen and oxygen atoms in total. The SMILES string of the molecule is FC1CCN(CCBr)CC1. The zero-order valence-electron chi connectivity index (χ0n) is 6.02. The van der Waals surface area contributed by atoms with E-state index >= 15 is 0 Å². The number of piperidine rings is 1. The fraction of sp³-hybridized carbons (Fsp3) is 1.00. The molecule has 1 heterocycles. The number of hydrogen-bond acceptors (Lipinski definition) is 1. The summed E-state index contributed by atoms with van der Waals surface area (Å²) in [6, 6.07) is 0. The summed E-state index contributed by atoms with van der Waals surface area (Å²) in [6.07, 6.45) is 0.923. The Morgan fingerprint density at radius 1 is 1.40 bits per heavy atom. The van der Waals surface area contributed by atoms with Crippen LogP contribution in [0.5, 0.6) is 0 Å². The lowest BCUT2D eigenvalue weighted by atomic mass is 10.1. The summed E-state index contributed by atoms with van der Waals surface area (Å²) in [5.74, 6) is 0. The predicted molar refractivity (Wildman–Crippen MR) is 44.4 cm³/mol. The smallest absolute Gasteiger partial charge is 0.103 e. The molecule has 1 fully saturated rings. The normalized spacial score (nSPS) is 23.4. The minimum Gasteiger partial charge on any atom is -0.302 e. The third kappa shape index (κ3) is 2.54. The first-order valence-corrected chi connectivity index (χ1v) is 4.87. The molecule has 0 aromatic heterocycles. The molecule has 1 aliphatic rings. The van der Waals surface area contributed by atoms with Crippen LogP contribution in [0.3, 0.4) is 0 Å². The molecule has 0 atom stereocenters. The zero-order chi connectivity index (χ0) is 7.40. The van der Waals surface area contributed by atoms with E-state index in [9.17, 15) is 4.39 Å². The largest absolute Gasteiger partial charge is 0.302 e. The van der Waals surface area contributed by atoms with Crippen LogP contribution in [0, 0.1) is 0 Å². The maximum Gasteiger partial charge on any atom is 0.103 e. The molecule has 0 aromatic rings. The Labute approximate surface area is 69.7 Å². The van der Waals surface area contributed by atoms with Crippen molar-refractivity contribution >= 4 is 15.9 Å². The summed E-state index contributed by atoms with van der Waals surface area (Å²) in [4.78, 5) is 2.30. The van der Waals surface area contributed by atoms with Crippen molar-refractivity contribution in [1.29, 1.82) is 0 Å². The Morgan fingerprint density at radius 3 is 2.50 bits per heavy atom. The van der Waals surface area contributed by atoms with Crippen molar-refractivity contribution < 1.29 is 4.39 Å². The minimum atomic E-state index is -0.536. The highest BCUT2D eigenvalue weighted by atomic mass is 79.9. The molecular formula is C7H13BrFN. The average Bonchev–Trinajstić information content (AvgIpc) is 1.95. The van der Waals surface area contributed by atoms with E-state index in [-0.39, 0.29) is 0 Å². The fourth-order valence-electron chi connectivity index (χ4n) is 1.24. The second kappa shape index (κ2) is 4.29. The molecule has 0 spiro atoms. The molecule has 0 bridgehead atoms. The molecule has 0 aliphatic carbocycles. The molecule has 0 aromatic carbocycles. The van der Waals surface area contributed by atoms with Crippen molar-refractivity contribution in [2.75, 3.05) is 25.0 Å². The fourth-order valence-corrected chi connectivity index (χ4v) is 1.75. The molecule has 1 rings (SSSR count). The predicted octanol–water partition coefficient (Wildman–Crippen LogP) is 1.82. The van der Waals surface area contributed by atoms with Gasteiger partial charge in [0.25, 0.3) is 0 Å². The maximum atomic E-state index is 12.6. The lowest BCUT2D eigenvalue weighted by Crippen LogP contribution is -2.35. The molecule has 0 radical (unpaired) electrons. The van der Waals surface area contributed by atoms with E-state index in [2.05, 4.69) is 20.8 Å².